The molecule has 0 radical (unpaired) electrons. The molecule has 1 aromatic carbocycles. The first kappa shape index (κ1) is 10.9. The Labute approximate surface area is 98.0 Å². The largest absolute Gasteiger partial charge is 0.0780 e. The summed E-state index contributed by atoms with van der Waals surface area (Å²) >= 11 is 0. The Morgan fingerprint density at radius 1 is 1.06 bits per heavy atom. The molecule has 0 aliphatic heterocycles. The van der Waals surface area contributed by atoms with Gasteiger partial charge in [0.1, 0.15) is 0 Å². The van der Waals surface area contributed by atoms with E-state index < -0.39 is 0 Å². The van der Waals surface area contributed by atoms with Crippen LogP contribution >= 0.6 is 0 Å². The smallest absolute Gasteiger partial charge is 0.0137 e. The van der Waals surface area contributed by atoms with Gasteiger partial charge >= 0.3 is 0 Å². The molecule has 0 heteroatoms. The highest BCUT2D eigenvalue weighted by Crippen LogP contribution is 2.28. The van der Waals surface area contributed by atoms with Gasteiger partial charge in [-0.1, -0.05) is 74.6 Å². The van der Waals surface area contributed by atoms with E-state index in [4.69, 9.17) is 0 Å². The van der Waals surface area contributed by atoms with Crippen LogP contribution in [0, 0.1) is 5.41 Å². The van der Waals surface area contributed by atoms with Crippen molar-refractivity contribution in [3.8, 4) is 0 Å². The zero-order valence-corrected chi connectivity index (χ0v) is 9.98. The van der Waals surface area contributed by atoms with Crippen LogP contribution < -0.4 is 0 Å². The maximum Gasteiger partial charge on any atom is -0.0137 e. The second-order valence-electron chi connectivity index (χ2n) is 4.97. The average molecular weight is 210 g/mol. The minimum Gasteiger partial charge on any atom is -0.0780 e. The second-order valence-corrected chi connectivity index (χ2v) is 4.97. The minimum absolute atomic E-state index is 0.323. The Hall–Kier alpha value is -1.56. The van der Waals surface area contributed by atoms with E-state index in [-0.39, 0.29) is 0 Å². The predicted octanol–water partition coefficient (Wildman–Crippen LogP) is 4.61. The van der Waals surface area contributed by atoms with E-state index in [0.29, 0.717) is 5.41 Å². The molecule has 0 nitrogen and oxygen atoms in total. The quantitative estimate of drug-likeness (QED) is 0.668. The van der Waals surface area contributed by atoms with Crippen LogP contribution in [0.1, 0.15) is 25.8 Å². The van der Waals surface area contributed by atoms with Gasteiger partial charge in [0.25, 0.3) is 0 Å². The minimum atomic E-state index is 0.323. The van der Waals surface area contributed by atoms with Gasteiger partial charge in [-0.25, -0.2) is 0 Å². The molecule has 2 rings (SSSR count). The van der Waals surface area contributed by atoms with E-state index in [1.54, 1.807) is 0 Å². The monoisotopic (exact) mass is 210 g/mol. The average Bonchev–Trinajstić information content (AvgIpc) is 2.29. The van der Waals surface area contributed by atoms with Crippen molar-refractivity contribution in [3.05, 3.63) is 65.8 Å². The van der Waals surface area contributed by atoms with Gasteiger partial charge in [0.05, 0.1) is 0 Å². The number of hydrogen-bond donors (Lipinski definition) is 0. The summed E-state index contributed by atoms with van der Waals surface area (Å²) in [6, 6.07) is 10.4. The first-order valence-electron chi connectivity index (χ1n) is 5.78. The van der Waals surface area contributed by atoms with E-state index in [9.17, 15) is 0 Å². The van der Waals surface area contributed by atoms with Gasteiger partial charge in [-0.05, 0) is 23.0 Å². The maximum atomic E-state index is 2.30. The fraction of sp³-hybridized carbons (Fsp3) is 0.250. The SMILES string of the molecule is CC1(C)C=CC(/C=C/c2ccccc2)=CC1. The third-order valence-corrected chi connectivity index (χ3v) is 2.86. The molecule has 0 N–H and O–H groups in total. The van der Waals surface area contributed by atoms with Crippen molar-refractivity contribution in [2.24, 2.45) is 5.41 Å². The van der Waals surface area contributed by atoms with E-state index >= 15 is 0 Å². The van der Waals surface area contributed by atoms with Gasteiger partial charge in [0.15, 0.2) is 0 Å². The maximum absolute atomic E-state index is 2.30. The van der Waals surface area contributed by atoms with Crippen LogP contribution in [0.3, 0.4) is 0 Å². The van der Waals surface area contributed by atoms with Crippen molar-refractivity contribution in [1.82, 2.24) is 0 Å². The molecule has 0 unspecified atom stereocenters. The molecule has 1 aliphatic rings. The topological polar surface area (TPSA) is 0 Å². The van der Waals surface area contributed by atoms with E-state index in [0.717, 1.165) is 6.42 Å². The fourth-order valence-electron chi connectivity index (χ4n) is 1.72. The summed E-state index contributed by atoms with van der Waals surface area (Å²) in [5.74, 6) is 0. The Kier molecular flexibility index (Phi) is 3.09. The number of benzene rings is 1. The zero-order valence-electron chi connectivity index (χ0n) is 9.98. The molecule has 82 valence electrons. The Morgan fingerprint density at radius 2 is 1.81 bits per heavy atom. The van der Waals surface area contributed by atoms with E-state index in [1.807, 2.05) is 6.07 Å². The highest BCUT2D eigenvalue weighted by atomic mass is 14.2. The Balaban J connectivity index is 2.05. The molecule has 0 amide bonds. The standard InChI is InChI=1S/C16H18/c1-16(2)12-10-15(11-13-16)9-8-14-6-4-3-5-7-14/h3-12H,13H2,1-2H3/b9-8+. The van der Waals surface area contributed by atoms with Crippen molar-refractivity contribution in [1.29, 1.82) is 0 Å². The lowest BCUT2D eigenvalue weighted by Crippen LogP contribution is -2.08. The van der Waals surface area contributed by atoms with Gasteiger partial charge in [-0.15, -0.1) is 0 Å². The molecular formula is C16H18. The van der Waals surface area contributed by atoms with Crippen LogP contribution in [0.15, 0.2) is 60.2 Å². The van der Waals surface area contributed by atoms with Crippen LogP contribution in [0.5, 0.6) is 0 Å². The molecule has 1 aliphatic carbocycles. The number of allylic oxidation sites excluding steroid dienone is 5. The van der Waals surface area contributed by atoms with Crippen LogP contribution in [0.25, 0.3) is 6.08 Å². The molecule has 0 heterocycles. The Bertz CT molecular complexity index is 430. The summed E-state index contributed by atoms with van der Waals surface area (Å²) in [5, 5.41) is 0. The van der Waals surface area contributed by atoms with Crippen molar-refractivity contribution in [2.75, 3.05) is 0 Å². The third-order valence-electron chi connectivity index (χ3n) is 2.86. The van der Waals surface area contributed by atoms with Crippen LogP contribution in [0.2, 0.25) is 0 Å². The molecular weight excluding hydrogens is 192 g/mol. The summed E-state index contributed by atoms with van der Waals surface area (Å²) in [5.41, 5.74) is 2.88. The number of hydrogen-bond acceptors (Lipinski definition) is 0. The van der Waals surface area contributed by atoms with Gasteiger partial charge < -0.3 is 0 Å². The van der Waals surface area contributed by atoms with Crippen LogP contribution in [0.4, 0.5) is 0 Å². The first-order valence-corrected chi connectivity index (χ1v) is 5.78. The third kappa shape index (κ3) is 2.96. The lowest BCUT2D eigenvalue weighted by atomic mass is 9.84. The molecule has 0 atom stereocenters. The molecule has 0 saturated heterocycles. The summed E-state index contributed by atoms with van der Waals surface area (Å²) in [6.45, 7) is 4.52. The molecule has 0 fully saturated rings. The lowest BCUT2D eigenvalue weighted by molar-refractivity contribution is 0.483. The van der Waals surface area contributed by atoms with Crippen molar-refractivity contribution in [3.63, 3.8) is 0 Å². The van der Waals surface area contributed by atoms with E-state index in [2.05, 4.69) is 68.5 Å². The molecule has 0 spiro atoms. The Morgan fingerprint density at radius 3 is 2.44 bits per heavy atom. The van der Waals surface area contributed by atoms with Gasteiger partial charge in [0, 0.05) is 0 Å². The first-order chi connectivity index (χ1) is 7.66. The summed E-state index contributed by atoms with van der Waals surface area (Å²) < 4.78 is 0. The highest BCUT2D eigenvalue weighted by molar-refractivity contribution is 5.55. The normalized spacial score (nSPS) is 18.8. The highest BCUT2D eigenvalue weighted by Gasteiger charge is 2.14. The number of rotatable bonds is 2. The fourth-order valence-corrected chi connectivity index (χ4v) is 1.72. The molecule has 1 aromatic rings. The van der Waals surface area contributed by atoms with Gasteiger partial charge in [0.2, 0.25) is 0 Å². The second kappa shape index (κ2) is 4.52. The molecule has 16 heavy (non-hydrogen) atoms. The van der Waals surface area contributed by atoms with Crippen molar-refractivity contribution in [2.45, 2.75) is 20.3 Å². The van der Waals surface area contributed by atoms with E-state index in [1.165, 1.54) is 11.1 Å². The lowest BCUT2D eigenvalue weighted by Gasteiger charge is -2.21. The molecule has 0 saturated carbocycles. The van der Waals surface area contributed by atoms with Gasteiger partial charge in [-0.2, -0.15) is 0 Å². The summed E-state index contributed by atoms with van der Waals surface area (Å²) in [6.07, 6.45) is 12.3. The van der Waals surface area contributed by atoms with Crippen molar-refractivity contribution >= 4 is 6.08 Å². The predicted molar refractivity (Wildman–Crippen MR) is 71.1 cm³/mol. The van der Waals surface area contributed by atoms with Crippen molar-refractivity contribution < 1.29 is 0 Å². The van der Waals surface area contributed by atoms with Gasteiger partial charge in [-0.3, -0.25) is 0 Å². The molecule has 0 aromatic heterocycles. The van der Waals surface area contributed by atoms with Crippen LogP contribution in [-0.4, -0.2) is 0 Å². The summed E-state index contributed by atoms with van der Waals surface area (Å²) in [4.78, 5) is 0. The molecule has 0 bridgehead atoms. The van der Waals surface area contributed by atoms with Crippen LogP contribution in [-0.2, 0) is 0 Å². The zero-order chi connectivity index (χ0) is 11.4. The summed E-state index contributed by atoms with van der Waals surface area (Å²) in [7, 11) is 0.